The van der Waals surface area contributed by atoms with E-state index in [2.05, 4.69) is 4.98 Å². The third-order valence-corrected chi connectivity index (χ3v) is 6.47. The first kappa shape index (κ1) is 23.4. The van der Waals surface area contributed by atoms with Gasteiger partial charge in [-0.1, -0.05) is 18.2 Å². The zero-order valence-electron chi connectivity index (χ0n) is 19.0. The van der Waals surface area contributed by atoms with Crippen LogP contribution in [0.25, 0.3) is 10.9 Å². The Balaban J connectivity index is 1.30. The third kappa shape index (κ3) is 4.49. The maximum absolute atomic E-state index is 14.9. The minimum absolute atomic E-state index is 0.0420. The van der Waals surface area contributed by atoms with Gasteiger partial charge in [0.05, 0.1) is 10.9 Å². The Kier molecular flexibility index (Phi) is 5.88. The molecule has 5 rings (SSSR count). The molecule has 3 aromatic carbocycles. The molecule has 0 unspecified atom stereocenters. The number of benzene rings is 3. The lowest BCUT2D eigenvalue weighted by molar-refractivity contribution is -0.133. The maximum Gasteiger partial charge on any atom is 0.166 e. The first-order chi connectivity index (χ1) is 17.2. The summed E-state index contributed by atoms with van der Waals surface area (Å²) in [5.41, 5.74) is 0.335. The molecule has 1 fully saturated rings. The molecule has 0 amide bonds. The average molecular weight is 489 g/mol. The molecule has 0 spiro atoms. The van der Waals surface area contributed by atoms with Gasteiger partial charge >= 0.3 is 0 Å². The molecule has 0 aliphatic heterocycles. The molecule has 6 nitrogen and oxygen atoms in total. The predicted octanol–water partition coefficient (Wildman–Crippen LogP) is 5.42. The van der Waals surface area contributed by atoms with Crippen LogP contribution in [0.3, 0.4) is 0 Å². The van der Waals surface area contributed by atoms with Crippen LogP contribution in [0.2, 0.25) is 0 Å². The maximum atomic E-state index is 14.9. The smallest absolute Gasteiger partial charge is 0.166 e. The van der Waals surface area contributed by atoms with Crippen molar-refractivity contribution in [2.24, 2.45) is 5.41 Å². The number of carbonyl (C=O) groups is 2. The summed E-state index contributed by atoms with van der Waals surface area (Å²) in [5.74, 6) is -2.14. The molecule has 1 aliphatic rings. The van der Waals surface area contributed by atoms with Crippen molar-refractivity contribution in [2.45, 2.75) is 25.7 Å². The van der Waals surface area contributed by atoms with Crippen molar-refractivity contribution in [2.75, 3.05) is 0 Å². The zero-order chi connectivity index (χ0) is 25.4. The second-order valence-corrected chi connectivity index (χ2v) is 8.94. The molecule has 182 valence electrons. The number of carbonyl (C=O) groups excluding carboxylic acids is 2. The first-order valence-electron chi connectivity index (χ1n) is 11.3. The Morgan fingerprint density at radius 1 is 0.833 bits per heavy atom. The molecule has 0 saturated heterocycles. The number of fused-ring (bicyclic) bond motifs is 1. The summed E-state index contributed by atoms with van der Waals surface area (Å²) in [6.07, 6.45) is 2.27. The highest BCUT2D eigenvalue weighted by molar-refractivity contribution is 6.10. The van der Waals surface area contributed by atoms with Gasteiger partial charge in [0, 0.05) is 30.5 Å². The number of nitrogens with zero attached hydrogens (tertiary/aromatic N) is 1. The molecule has 36 heavy (non-hydrogen) atoms. The molecular formula is C28H21F2NO5. The first-order valence-corrected chi connectivity index (χ1v) is 11.3. The van der Waals surface area contributed by atoms with Gasteiger partial charge in [0.25, 0.3) is 0 Å². The number of phenolic OH excluding ortho intramolecular Hbond substituents is 2. The van der Waals surface area contributed by atoms with Gasteiger partial charge in [-0.05, 0) is 60.4 Å². The fourth-order valence-electron chi connectivity index (χ4n) is 4.24. The quantitative estimate of drug-likeness (QED) is 0.253. The standard InChI is InChI=1S/C28H21F2NO5/c29-18-4-1-16(2-5-18)12-26(34)28(8-9-28)27(35)13-17-3-6-25(20(30)11-17)36-24-7-10-31-21-15-23(33)22(32)14-19(21)24/h1-7,10-11,14-15,32-33H,8-9,12-13H2. The molecule has 1 heterocycles. The van der Waals surface area contributed by atoms with Gasteiger partial charge in [-0.15, -0.1) is 0 Å². The van der Waals surface area contributed by atoms with E-state index in [9.17, 15) is 28.6 Å². The van der Waals surface area contributed by atoms with Crippen LogP contribution in [0.1, 0.15) is 24.0 Å². The van der Waals surface area contributed by atoms with E-state index in [-0.39, 0.29) is 47.4 Å². The predicted molar refractivity (Wildman–Crippen MR) is 127 cm³/mol. The van der Waals surface area contributed by atoms with E-state index < -0.39 is 17.0 Å². The third-order valence-electron chi connectivity index (χ3n) is 6.47. The van der Waals surface area contributed by atoms with Crippen LogP contribution in [-0.4, -0.2) is 26.8 Å². The van der Waals surface area contributed by atoms with Crippen molar-refractivity contribution < 1.29 is 33.3 Å². The average Bonchev–Trinajstić information content (AvgIpc) is 3.66. The number of phenols is 2. The van der Waals surface area contributed by atoms with Crippen molar-refractivity contribution in [3.05, 3.63) is 89.6 Å². The minimum atomic E-state index is -1.07. The lowest BCUT2D eigenvalue weighted by Crippen LogP contribution is -2.28. The number of aromatic hydroxyl groups is 2. The fraction of sp³-hybridized carbons (Fsp3) is 0.179. The Bertz CT molecular complexity index is 1500. The molecule has 0 bridgehead atoms. The number of aromatic nitrogens is 1. The van der Waals surface area contributed by atoms with E-state index in [1.54, 1.807) is 6.07 Å². The summed E-state index contributed by atoms with van der Waals surface area (Å²) >= 11 is 0. The summed E-state index contributed by atoms with van der Waals surface area (Å²) in [4.78, 5) is 29.9. The Morgan fingerprint density at radius 3 is 2.14 bits per heavy atom. The van der Waals surface area contributed by atoms with Gasteiger partial charge in [0.2, 0.25) is 0 Å². The van der Waals surface area contributed by atoms with Crippen LogP contribution in [-0.2, 0) is 22.4 Å². The molecule has 8 heteroatoms. The van der Waals surface area contributed by atoms with E-state index in [1.807, 2.05) is 0 Å². The Hall–Kier alpha value is -4.33. The number of halogens is 2. The molecule has 1 saturated carbocycles. The van der Waals surface area contributed by atoms with Gasteiger partial charge < -0.3 is 14.9 Å². The van der Waals surface area contributed by atoms with Crippen LogP contribution in [0.4, 0.5) is 8.78 Å². The lowest BCUT2D eigenvalue weighted by Gasteiger charge is -2.14. The van der Waals surface area contributed by atoms with Crippen molar-refractivity contribution in [3.8, 4) is 23.0 Å². The number of Topliss-reactive ketones (excluding diaryl/α,β-unsaturated/α-hetero) is 2. The Morgan fingerprint density at radius 2 is 1.47 bits per heavy atom. The van der Waals surface area contributed by atoms with E-state index in [0.717, 1.165) is 0 Å². The largest absolute Gasteiger partial charge is 0.504 e. The van der Waals surface area contributed by atoms with Gasteiger partial charge in [-0.3, -0.25) is 14.6 Å². The van der Waals surface area contributed by atoms with E-state index in [4.69, 9.17) is 4.74 Å². The molecular weight excluding hydrogens is 468 g/mol. The monoisotopic (exact) mass is 489 g/mol. The minimum Gasteiger partial charge on any atom is -0.504 e. The van der Waals surface area contributed by atoms with E-state index in [0.29, 0.717) is 34.9 Å². The number of rotatable bonds is 8. The fourth-order valence-corrected chi connectivity index (χ4v) is 4.24. The molecule has 0 atom stereocenters. The molecule has 1 aromatic heterocycles. The zero-order valence-corrected chi connectivity index (χ0v) is 19.0. The van der Waals surface area contributed by atoms with Gasteiger partial charge in [-0.2, -0.15) is 0 Å². The van der Waals surface area contributed by atoms with Crippen LogP contribution >= 0.6 is 0 Å². The summed E-state index contributed by atoms with van der Waals surface area (Å²) in [5, 5.41) is 19.9. The number of hydrogen-bond acceptors (Lipinski definition) is 6. The van der Waals surface area contributed by atoms with Crippen molar-refractivity contribution in [1.82, 2.24) is 4.98 Å². The number of pyridine rings is 1. The lowest BCUT2D eigenvalue weighted by atomic mass is 9.88. The number of ketones is 2. The van der Waals surface area contributed by atoms with Gasteiger partial charge in [0.15, 0.2) is 34.6 Å². The van der Waals surface area contributed by atoms with E-state index in [1.165, 1.54) is 60.8 Å². The second kappa shape index (κ2) is 9.03. The summed E-state index contributed by atoms with van der Waals surface area (Å²) in [6, 6.07) is 13.8. The van der Waals surface area contributed by atoms with Crippen LogP contribution < -0.4 is 4.74 Å². The van der Waals surface area contributed by atoms with Crippen molar-refractivity contribution >= 4 is 22.5 Å². The topological polar surface area (TPSA) is 96.7 Å². The number of ether oxygens (including phenoxy) is 1. The summed E-state index contributed by atoms with van der Waals surface area (Å²) in [6.45, 7) is 0. The van der Waals surface area contributed by atoms with Crippen LogP contribution in [0, 0.1) is 17.0 Å². The summed E-state index contributed by atoms with van der Waals surface area (Å²) in [7, 11) is 0. The highest BCUT2D eigenvalue weighted by Crippen LogP contribution is 2.49. The summed E-state index contributed by atoms with van der Waals surface area (Å²) < 4.78 is 33.7. The number of hydrogen-bond donors (Lipinski definition) is 2. The molecule has 0 radical (unpaired) electrons. The molecule has 1 aliphatic carbocycles. The Labute approximate surface area is 204 Å². The van der Waals surface area contributed by atoms with E-state index >= 15 is 0 Å². The van der Waals surface area contributed by atoms with Gasteiger partial charge in [-0.25, -0.2) is 8.78 Å². The van der Waals surface area contributed by atoms with Gasteiger partial charge in [0.1, 0.15) is 11.6 Å². The molecule has 2 N–H and O–H groups in total. The van der Waals surface area contributed by atoms with Crippen LogP contribution in [0.5, 0.6) is 23.0 Å². The highest BCUT2D eigenvalue weighted by Gasteiger charge is 2.54. The second-order valence-electron chi connectivity index (χ2n) is 8.94. The van der Waals surface area contributed by atoms with Crippen molar-refractivity contribution in [1.29, 1.82) is 0 Å². The van der Waals surface area contributed by atoms with Crippen molar-refractivity contribution in [3.63, 3.8) is 0 Å². The SMILES string of the molecule is O=C(Cc1ccc(F)cc1)C1(C(=O)Cc2ccc(Oc3ccnc4cc(O)c(O)cc34)c(F)c2)CC1. The van der Waals surface area contributed by atoms with Crippen LogP contribution in [0.15, 0.2) is 66.9 Å². The highest BCUT2D eigenvalue weighted by atomic mass is 19.1. The normalized spacial score (nSPS) is 13.9. The molecule has 4 aromatic rings.